The van der Waals surface area contributed by atoms with Crippen LogP contribution >= 0.6 is 15.9 Å². The van der Waals surface area contributed by atoms with Crippen molar-refractivity contribution in [3.63, 3.8) is 0 Å². The highest BCUT2D eigenvalue weighted by molar-refractivity contribution is 9.10. The van der Waals surface area contributed by atoms with Crippen LogP contribution in [0.15, 0.2) is 21.5 Å². The van der Waals surface area contributed by atoms with Gasteiger partial charge in [0.2, 0.25) is 0 Å². The number of pyridine rings is 1. The minimum Gasteiger partial charge on any atom is -0.397 e. The van der Waals surface area contributed by atoms with Crippen molar-refractivity contribution in [3.05, 3.63) is 44.0 Å². The Morgan fingerprint density at radius 3 is 2.74 bits per heavy atom. The lowest BCUT2D eigenvalue weighted by molar-refractivity contribution is 0.648. The zero-order chi connectivity index (χ0) is 14.2. The lowest BCUT2D eigenvalue weighted by Crippen LogP contribution is -2.23. The highest BCUT2D eigenvalue weighted by atomic mass is 79.9. The van der Waals surface area contributed by atoms with Crippen LogP contribution in [0.5, 0.6) is 0 Å². The van der Waals surface area contributed by atoms with Crippen LogP contribution in [0.4, 0.5) is 5.69 Å². The average molecular weight is 325 g/mol. The Labute approximate surface area is 120 Å². The van der Waals surface area contributed by atoms with Crippen LogP contribution in [0.2, 0.25) is 0 Å². The molecule has 2 aromatic rings. The number of aryl methyl sites for hydroxylation is 2. The summed E-state index contributed by atoms with van der Waals surface area (Å²) in [6.45, 7) is 4.34. The SMILES string of the molecule is CCc1cc(Cn2cc(N)c(C)c(Br)c2=O)n(C)n1. The maximum atomic E-state index is 12.2. The van der Waals surface area contributed by atoms with Crippen molar-refractivity contribution in [2.45, 2.75) is 26.8 Å². The minimum atomic E-state index is -0.0778. The summed E-state index contributed by atoms with van der Waals surface area (Å²) in [7, 11) is 1.88. The van der Waals surface area contributed by atoms with E-state index in [4.69, 9.17) is 5.73 Å². The zero-order valence-corrected chi connectivity index (χ0v) is 12.9. The highest BCUT2D eigenvalue weighted by Gasteiger charge is 2.11. The van der Waals surface area contributed by atoms with E-state index in [1.165, 1.54) is 0 Å². The van der Waals surface area contributed by atoms with E-state index in [0.717, 1.165) is 23.4 Å². The predicted molar refractivity (Wildman–Crippen MR) is 79.2 cm³/mol. The van der Waals surface area contributed by atoms with Gasteiger partial charge in [0.05, 0.1) is 28.1 Å². The number of nitrogens with two attached hydrogens (primary N) is 1. The van der Waals surface area contributed by atoms with Crippen molar-refractivity contribution in [1.29, 1.82) is 0 Å². The number of rotatable bonds is 3. The first kappa shape index (κ1) is 13.9. The van der Waals surface area contributed by atoms with E-state index in [0.29, 0.717) is 16.7 Å². The molecule has 0 amide bonds. The molecule has 0 unspecified atom stereocenters. The zero-order valence-electron chi connectivity index (χ0n) is 11.3. The summed E-state index contributed by atoms with van der Waals surface area (Å²) in [5.41, 5.74) is 9.20. The molecule has 2 rings (SSSR count). The van der Waals surface area contributed by atoms with E-state index in [1.807, 2.05) is 20.0 Å². The van der Waals surface area contributed by atoms with Gasteiger partial charge in [-0.05, 0) is 40.9 Å². The standard InChI is InChI=1S/C13H17BrN4O/c1-4-9-5-10(17(3)16-9)6-18-7-11(15)8(2)12(14)13(18)19/h5,7H,4,6,15H2,1-3H3. The maximum absolute atomic E-state index is 12.2. The van der Waals surface area contributed by atoms with Gasteiger partial charge in [-0.1, -0.05) is 6.92 Å². The largest absolute Gasteiger partial charge is 0.397 e. The second-order valence-electron chi connectivity index (χ2n) is 4.56. The fourth-order valence-corrected chi connectivity index (χ4v) is 2.38. The third kappa shape index (κ3) is 2.58. The van der Waals surface area contributed by atoms with Gasteiger partial charge in [0.1, 0.15) is 0 Å². The van der Waals surface area contributed by atoms with Gasteiger partial charge in [0.15, 0.2) is 0 Å². The molecule has 102 valence electrons. The topological polar surface area (TPSA) is 65.8 Å². The molecule has 2 N–H and O–H groups in total. The Morgan fingerprint density at radius 2 is 2.16 bits per heavy atom. The van der Waals surface area contributed by atoms with Crippen LogP contribution in [-0.4, -0.2) is 14.3 Å². The Balaban J connectivity index is 2.44. The second-order valence-corrected chi connectivity index (χ2v) is 5.35. The van der Waals surface area contributed by atoms with E-state index < -0.39 is 0 Å². The third-order valence-electron chi connectivity index (χ3n) is 3.23. The molecule has 0 aromatic carbocycles. The van der Waals surface area contributed by atoms with Gasteiger partial charge in [-0.25, -0.2) is 0 Å². The minimum absolute atomic E-state index is 0.0778. The van der Waals surface area contributed by atoms with E-state index >= 15 is 0 Å². The molecule has 0 aliphatic heterocycles. The number of anilines is 1. The van der Waals surface area contributed by atoms with Gasteiger partial charge in [0, 0.05) is 13.2 Å². The number of hydrogen-bond donors (Lipinski definition) is 1. The van der Waals surface area contributed by atoms with Crippen molar-refractivity contribution in [3.8, 4) is 0 Å². The van der Waals surface area contributed by atoms with Crippen LogP contribution in [0.1, 0.15) is 23.9 Å². The van der Waals surface area contributed by atoms with E-state index in [-0.39, 0.29) is 5.56 Å². The molecule has 0 aliphatic carbocycles. The first-order valence-electron chi connectivity index (χ1n) is 6.10. The van der Waals surface area contributed by atoms with Gasteiger partial charge < -0.3 is 10.3 Å². The van der Waals surface area contributed by atoms with Gasteiger partial charge in [0.25, 0.3) is 5.56 Å². The molecular weight excluding hydrogens is 308 g/mol. The monoisotopic (exact) mass is 324 g/mol. The summed E-state index contributed by atoms with van der Waals surface area (Å²) in [6.07, 6.45) is 2.56. The van der Waals surface area contributed by atoms with Gasteiger partial charge in [-0.15, -0.1) is 0 Å². The van der Waals surface area contributed by atoms with E-state index in [1.54, 1.807) is 15.4 Å². The average Bonchev–Trinajstić information content (AvgIpc) is 2.74. The molecule has 0 atom stereocenters. The van der Waals surface area contributed by atoms with E-state index in [2.05, 4.69) is 28.0 Å². The van der Waals surface area contributed by atoms with Gasteiger partial charge >= 0.3 is 0 Å². The molecule has 0 radical (unpaired) electrons. The van der Waals surface area contributed by atoms with Crippen LogP contribution < -0.4 is 11.3 Å². The number of nitrogen functional groups attached to an aromatic ring is 1. The fourth-order valence-electron chi connectivity index (χ4n) is 1.92. The number of hydrogen-bond acceptors (Lipinski definition) is 3. The molecule has 0 spiro atoms. The number of aromatic nitrogens is 3. The van der Waals surface area contributed by atoms with Crippen molar-refractivity contribution >= 4 is 21.6 Å². The smallest absolute Gasteiger partial charge is 0.265 e. The molecule has 0 aliphatic rings. The molecular formula is C13H17BrN4O. The Hall–Kier alpha value is -1.56. The summed E-state index contributed by atoms with van der Waals surface area (Å²) < 4.78 is 3.92. The van der Waals surface area contributed by atoms with Crippen LogP contribution in [-0.2, 0) is 20.0 Å². The number of nitrogens with zero attached hydrogens (tertiary/aromatic N) is 3. The summed E-state index contributed by atoms with van der Waals surface area (Å²) in [6, 6.07) is 2.01. The van der Waals surface area contributed by atoms with E-state index in [9.17, 15) is 4.79 Å². The van der Waals surface area contributed by atoms with Crippen molar-refractivity contribution in [2.24, 2.45) is 7.05 Å². The molecule has 5 nitrogen and oxygen atoms in total. The van der Waals surface area contributed by atoms with Crippen LogP contribution in [0.3, 0.4) is 0 Å². The normalized spacial score (nSPS) is 10.9. The molecule has 0 bridgehead atoms. The Morgan fingerprint density at radius 1 is 1.47 bits per heavy atom. The van der Waals surface area contributed by atoms with Crippen molar-refractivity contribution < 1.29 is 0 Å². The maximum Gasteiger partial charge on any atom is 0.265 e. The van der Waals surface area contributed by atoms with Crippen molar-refractivity contribution in [1.82, 2.24) is 14.3 Å². The first-order chi connectivity index (χ1) is 8.93. The van der Waals surface area contributed by atoms with Crippen LogP contribution in [0, 0.1) is 6.92 Å². The summed E-state index contributed by atoms with van der Waals surface area (Å²) >= 11 is 3.30. The van der Waals surface area contributed by atoms with Crippen molar-refractivity contribution in [2.75, 3.05) is 5.73 Å². The van der Waals surface area contributed by atoms with Gasteiger partial charge in [-0.2, -0.15) is 5.10 Å². The molecule has 19 heavy (non-hydrogen) atoms. The lowest BCUT2D eigenvalue weighted by atomic mass is 10.2. The quantitative estimate of drug-likeness (QED) is 0.936. The summed E-state index contributed by atoms with van der Waals surface area (Å²) in [5, 5.41) is 4.38. The summed E-state index contributed by atoms with van der Waals surface area (Å²) in [4.78, 5) is 12.2. The lowest BCUT2D eigenvalue weighted by Gasteiger charge is -2.10. The van der Waals surface area contributed by atoms with Gasteiger partial charge in [-0.3, -0.25) is 9.48 Å². The third-order valence-corrected chi connectivity index (χ3v) is 4.16. The summed E-state index contributed by atoms with van der Waals surface area (Å²) in [5.74, 6) is 0. The Bertz CT molecular complexity index is 672. The first-order valence-corrected chi connectivity index (χ1v) is 6.90. The molecule has 0 saturated heterocycles. The fraction of sp³-hybridized carbons (Fsp3) is 0.385. The molecule has 2 heterocycles. The molecule has 0 saturated carbocycles. The Kier molecular flexibility index (Phi) is 3.80. The highest BCUT2D eigenvalue weighted by Crippen LogP contribution is 2.17. The number of halogens is 1. The second kappa shape index (κ2) is 5.21. The molecule has 0 fully saturated rings. The molecule has 6 heteroatoms. The molecule has 2 aromatic heterocycles. The predicted octanol–water partition coefficient (Wildman–Crippen LogP) is 1.85. The van der Waals surface area contributed by atoms with Crippen LogP contribution in [0.25, 0.3) is 0 Å².